The molecular formula is C16H31N3O8. The molecule has 158 valence electrons. The van der Waals surface area contributed by atoms with Crippen molar-refractivity contribution >= 4 is 5.97 Å². The van der Waals surface area contributed by atoms with Crippen LogP contribution in [0.4, 0.5) is 0 Å². The van der Waals surface area contributed by atoms with Crippen molar-refractivity contribution in [1.82, 2.24) is 0 Å². The number of hydrogen-bond acceptors (Lipinski definition) is 9. The highest BCUT2D eigenvalue weighted by molar-refractivity contribution is 5.69. The molecule has 0 heterocycles. The Hall–Kier alpha value is -1.46. The molecule has 27 heavy (non-hydrogen) atoms. The molecule has 11 heteroatoms. The van der Waals surface area contributed by atoms with Gasteiger partial charge in [0, 0.05) is 11.5 Å². The quantitative estimate of drug-likeness (QED) is 0.0926. The van der Waals surface area contributed by atoms with Crippen molar-refractivity contribution < 1.29 is 38.0 Å². The SMILES string of the molecule is COC(=O)CCOCCOCCOCCOCCOCCOCCN=[N+]=[N-]. The molecule has 0 aliphatic rings. The Morgan fingerprint density at radius 2 is 1.07 bits per heavy atom. The maximum Gasteiger partial charge on any atom is 0.307 e. The summed E-state index contributed by atoms with van der Waals surface area (Å²) in [4.78, 5) is 13.5. The van der Waals surface area contributed by atoms with Gasteiger partial charge in [0.15, 0.2) is 0 Å². The third-order valence-electron chi connectivity index (χ3n) is 2.94. The lowest BCUT2D eigenvalue weighted by atomic mass is 10.5. The number of carbonyl (C=O) groups excluding carboxylic acids is 1. The molecular weight excluding hydrogens is 362 g/mol. The van der Waals surface area contributed by atoms with Crippen LogP contribution in [0, 0.1) is 0 Å². The summed E-state index contributed by atoms with van der Waals surface area (Å²) in [6.07, 6.45) is 0.247. The maximum atomic E-state index is 10.8. The Bertz CT molecular complexity index is 381. The van der Waals surface area contributed by atoms with Gasteiger partial charge in [-0.15, -0.1) is 0 Å². The van der Waals surface area contributed by atoms with Crippen LogP contribution in [0.3, 0.4) is 0 Å². The first kappa shape index (κ1) is 25.5. The zero-order valence-electron chi connectivity index (χ0n) is 16.0. The van der Waals surface area contributed by atoms with Gasteiger partial charge in [0.1, 0.15) is 0 Å². The van der Waals surface area contributed by atoms with Gasteiger partial charge in [-0.1, -0.05) is 5.11 Å². The van der Waals surface area contributed by atoms with Crippen LogP contribution in [-0.4, -0.2) is 98.9 Å². The smallest absolute Gasteiger partial charge is 0.307 e. The monoisotopic (exact) mass is 393 g/mol. The molecule has 0 unspecified atom stereocenters. The predicted octanol–water partition coefficient (Wildman–Crippen LogP) is 0.959. The Kier molecular flexibility index (Phi) is 21.4. The van der Waals surface area contributed by atoms with Crippen LogP contribution in [0.2, 0.25) is 0 Å². The molecule has 0 N–H and O–H groups in total. The van der Waals surface area contributed by atoms with E-state index in [4.69, 9.17) is 34.0 Å². The fourth-order valence-corrected chi connectivity index (χ4v) is 1.61. The summed E-state index contributed by atoms with van der Waals surface area (Å²) < 4.78 is 36.2. The number of ether oxygens (including phenoxy) is 7. The van der Waals surface area contributed by atoms with Crippen LogP contribution in [0.25, 0.3) is 10.4 Å². The first-order valence-electron chi connectivity index (χ1n) is 8.85. The zero-order chi connectivity index (χ0) is 19.8. The minimum Gasteiger partial charge on any atom is -0.469 e. The fourth-order valence-electron chi connectivity index (χ4n) is 1.61. The van der Waals surface area contributed by atoms with Gasteiger partial charge in [0.2, 0.25) is 0 Å². The summed E-state index contributed by atoms with van der Waals surface area (Å²) in [5, 5.41) is 3.35. The number of rotatable bonds is 21. The molecule has 0 saturated carbocycles. The van der Waals surface area contributed by atoms with E-state index in [1.807, 2.05) is 0 Å². The number of carbonyl (C=O) groups is 1. The molecule has 0 fully saturated rings. The lowest BCUT2D eigenvalue weighted by Crippen LogP contribution is -2.14. The standard InChI is InChI=1S/C16H31N3O8/c1-21-16(20)2-4-22-6-8-24-10-12-26-14-15-27-13-11-25-9-7-23-5-3-18-19-17/h2-15H2,1H3. The van der Waals surface area contributed by atoms with E-state index in [0.717, 1.165) is 0 Å². The largest absolute Gasteiger partial charge is 0.469 e. The Balaban J connectivity index is 3.03. The average Bonchev–Trinajstić information content (AvgIpc) is 2.68. The van der Waals surface area contributed by atoms with Crippen molar-refractivity contribution in [2.75, 3.05) is 92.9 Å². The number of hydrogen-bond donors (Lipinski definition) is 0. The summed E-state index contributed by atoms with van der Waals surface area (Å²) in [6.45, 7) is 5.77. The first-order chi connectivity index (χ1) is 13.3. The van der Waals surface area contributed by atoms with Crippen LogP contribution < -0.4 is 0 Å². The molecule has 0 aliphatic heterocycles. The molecule has 0 saturated heterocycles. The number of methoxy groups -OCH3 is 1. The average molecular weight is 393 g/mol. The maximum absolute atomic E-state index is 10.8. The third kappa shape index (κ3) is 22.5. The molecule has 0 bridgehead atoms. The highest BCUT2D eigenvalue weighted by Crippen LogP contribution is 1.87. The van der Waals surface area contributed by atoms with Crippen molar-refractivity contribution in [3.63, 3.8) is 0 Å². The molecule has 0 aromatic heterocycles. The van der Waals surface area contributed by atoms with Crippen LogP contribution in [-0.2, 0) is 38.0 Å². The summed E-state index contributed by atoms with van der Waals surface area (Å²) >= 11 is 0. The van der Waals surface area contributed by atoms with E-state index < -0.39 is 0 Å². The van der Waals surface area contributed by atoms with E-state index in [1.165, 1.54) is 7.11 Å². The van der Waals surface area contributed by atoms with Crippen molar-refractivity contribution in [1.29, 1.82) is 0 Å². The minimum atomic E-state index is -0.286. The second kappa shape index (κ2) is 22.6. The number of nitrogens with zero attached hydrogens (tertiary/aromatic N) is 3. The molecule has 0 radical (unpaired) electrons. The Morgan fingerprint density at radius 3 is 1.44 bits per heavy atom. The van der Waals surface area contributed by atoms with Crippen molar-refractivity contribution in [2.24, 2.45) is 5.11 Å². The minimum absolute atomic E-state index is 0.247. The van der Waals surface area contributed by atoms with Gasteiger partial charge in [-0.25, -0.2) is 0 Å². The van der Waals surface area contributed by atoms with E-state index in [1.54, 1.807) is 0 Å². The van der Waals surface area contributed by atoms with Gasteiger partial charge in [-0.05, 0) is 5.53 Å². The van der Waals surface area contributed by atoms with E-state index in [2.05, 4.69) is 14.8 Å². The predicted molar refractivity (Wildman–Crippen MR) is 95.6 cm³/mol. The van der Waals surface area contributed by atoms with E-state index >= 15 is 0 Å². The third-order valence-corrected chi connectivity index (χ3v) is 2.94. The van der Waals surface area contributed by atoms with Crippen LogP contribution in [0.15, 0.2) is 5.11 Å². The molecule has 0 aliphatic carbocycles. The molecule has 0 aromatic carbocycles. The number of esters is 1. The topological polar surface area (TPSA) is 130 Å². The van der Waals surface area contributed by atoms with E-state index in [9.17, 15) is 4.79 Å². The van der Waals surface area contributed by atoms with E-state index in [0.29, 0.717) is 85.8 Å². The van der Waals surface area contributed by atoms with E-state index in [-0.39, 0.29) is 12.4 Å². The van der Waals surface area contributed by atoms with Crippen molar-refractivity contribution in [2.45, 2.75) is 6.42 Å². The van der Waals surface area contributed by atoms with Crippen LogP contribution in [0.5, 0.6) is 0 Å². The van der Waals surface area contributed by atoms with Crippen molar-refractivity contribution in [3.8, 4) is 0 Å². The summed E-state index contributed by atoms with van der Waals surface area (Å²) in [5.41, 5.74) is 8.07. The summed E-state index contributed by atoms with van der Waals surface area (Å²) in [5.74, 6) is -0.286. The van der Waals surface area contributed by atoms with Crippen molar-refractivity contribution in [3.05, 3.63) is 10.4 Å². The summed E-state index contributed by atoms with van der Waals surface area (Å²) in [7, 11) is 1.35. The highest BCUT2D eigenvalue weighted by Gasteiger charge is 1.99. The van der Waals surface area contributed by atoms with Gasteiger partial charge < -0.3 is 33.2 Å². The Morgan fingerprint density at radius 1 is 0.704 bits per heavy atom. The number of azide groups is 1. The van der Waals surface area contributed by atoms with Gasteiger partial charge in [0.25, 0.3) is 0 Å². The normalized spacial score (nSPS) is 10.6. The Labute approximate surface area is 159 Å². The lowest BCUT2D eigenvalue weighted by molar-refractivity contribution is -0.141. The van der Waals surface area contributed by atoms with Gasteiger partial charge in [0.05, 0.1) is 92.8 Å². The van der Waals surface area contributed by atoms with Gasteiger partial charge in [-0.3, -0.25) is 4.79 Å². The zero-order valence-corrected chi connectivity index (χ0v) is 16.0. The molecule has 11 nitrogen and oxygen atoms in total. The molecule has 0 aromatic rings. The van der Waals surface area contributed by atoms with Crippen LogP contribution >= 0.6 is 0 Å². The molecule has 0 amide bonds. The molecule has 0 spiro atoms. The second-order valence-corrected chi connectivity index (χ2v) is 4.95. The van der Waals surface area contributed by atoms with Gasteiger partial charge in [-0.2, -0.15) is 0 Å². The lowest BCUT2D eigenvalue weighted by Gasteiger charge is -2.08. The summed E-state index contributed by atoms with van der Waals surface area (Å²) in [6, 6.07) is 0. The highest BCUT2D eigenvalue weighted by atomic mass is 16.6. The molecule has 0 rings (SSSR count). The van der Waals surface area contributed by atoms with Crippen LogP contribution in [0.1, 0.15) is 6.42 Å². The molecule has 0 atom stereocenters. The van der Waals surface area contributed by atoms with Gasteiger partial charge >= 0.3 is 5.97 Å². The first-order valence-corrected chi connectivity index (χ1v) is 8.85. The fraction of sp³-hybridized carbons (Fsp3) is 0.938. The second-order valence-electron chi connectivity index (χ2n) is 4.95.